The number of hydrogen-bond donors (Lipinski definition) is 1. The van der Waals surface area contributed by atoms with E-state index in [9.17, 15) is 13.2 Å². The minimum absolute atomic E-state index is 0.187. The average molecular weight is 260 g/mol. The van der Waals surface area contributed by atoms with E-state index in [1.54, 1.807) is 0 Å². The fourth-order valence-corrected chi connectivity index (χ4v) is 1.54. The highest BCUT2D eigenvalue weighted by Gasteiger charge is 2.31. The summed E-state index contributed by atoms with van der Waals surface area (Å²) in [7, 11) is 0. The lowest BCUT2D eigenvalue weighted by atomic mass is 10.1. The highest BCUT2D eigenvalue weighted by atomic mass is 19.4. The van der Waals surface area contributed by atoms with Crippen molar-refractivity contribution >= 4 is 6.34 Å². The van der Waals surface area contributed by atoms with Crippen molar-refractivity contribution < 1.29 is 17.9 Å². The number of aryl methyl sites for hydroxylation is 1. The first-order valence-electron chi connectivity index (χ1n) is 5.53. The van der Waals surface area contributed by atoms with Gasteiger partial charge in [0.25, 0.3) is 0 Å². The van der Waals surface area contributed by atoms with E-state index >= 15 is 0 Å². The van der Waals surface area contributed by atoms with Gasteiger partial charge in [-0.05, 0) is 36.1 Å². The summed E-state index contributed by atoms with van der Waals surface area (Å²) >= 11 is 0. The molecule has 2 N–H and O–H groups in total. The maximum atomic E-state index is 12.2. The average Bonchev–Trinajstić information content (AvgIpc) is 2.26. The largest absolute Gasteiger partial charge is 0.573 e. The zero-order valence-corrected chi connectivity index (χ0v) is 10.00. The van der Waals surface area contributed by atoms with Gasteiger partial charge >= 0.3 is 6.36 Å². The molecular weight excluding hydrogens is 245 g/mol. The molecule has 0 fully saturated rings. The van der Waals surface area contributed by atoms with Crippen molar-refractivity contribution in [3.63, 3.8) is 0 Å². The molecule has 6 heteroatoms. The van der Waals surface area contributed by atoms with Crippen LogP contribution in [0.15, 0.2) is 23.2 Å². The molecule has 1 aromatic rings. The lowest BCUT2D eigenvalue weighted by Crippen LogP contribution is -2.17. The third-order valence-electron chi connectivity index (χ3n) is 2.30. The molecule has 0 aromatic heterocycles. The fraction of sp³-hybridized carbons (Fsp3) is 0.417. The van der Waals surface area contributed by atoms with Crippen LogP contribution in [0.25, 0.3) is 0 Å². The molecule has 0 saturated heterocycles. The summed E-state index contributed by atoms with van der Waals surface area (Å²) in [6.45, 7) is 2.31. The van der Waals surface area contributed by atoms with Crippen LogP contribution in [-0.4, -0.2) is 19.2 Å². The highest BCUT2D eigenvalue weighted by Crippen LogP contribution is 2.25. The first-order chi connectivity index (χ1) is 8.44. The Bertz CT molecular complexity index is 416. The summed E-state index contributed by atoms with van der Waals surface area (Å²) < 4.78 is 40.4. The Morgan fingerprint density at radius 2 is 1.94 bits per heavy atom. The van der Waals surface area contributed by atoms with Crippen LogP contribution in [0.4, 0.5) is 13.2 Å². The Balaban J connectivity index is 2.87. The maximum absolute atomic E-state index is 12.2. The minimum atomic E-state index is -4.67. The summed E-state index contributed by atoms with van der Waals surface area (Å²) in [6.07, 6.45) is -2.33. The third-order valence-corrected chi connectivity index (χ3v) is 2.30. The fourth-order valence-electron chi connectivity index (χ4n) is 1.54. The number of halogens is 3. The van der Waals surface area contributed by atoms with Gasteiger partial charge in [0.2, 0.25) is 0 Å². The van der Waals surface area contributed by atoms with E-state index in [-0.39, 0.29) is 5.75 Å². The molecule has 0 unspecified atom stereocenters. The van der Waals surface area contributed by atoms with Gasteiger partial charge in [0.1, 0.15) is 5.75 Å². The van der Waals surface area contributed by atoms with Gasteiger partial charge in [0.15, 0.2) is 0 Å². The van der Waals surface area contributed by atoms with Gasteiger partial charge in [-0.25, -0.2) is 0 Å². The SMILES string of the molecule is CCc1cc(CC/N=C/N)cc(OC(F)(F)F)c1. The van der Waals surface area contributed by atoms with E-state index in [0.29, 0.717) is 19.4 Å². The van der Waals surface area contributed by atoms with Gasteiger partial charge in [-0.3, -0.25) is 4.99 Å². The van der Waals surface area contributed by atoms with Crippen LogP contribution < -0.4 is 10.5 Å². The molecule has 0 spiro atoms. The van der Waals surface area contributed by atoms with Crippen LogP contribution in [0, 0.1) is 0 Å². The van der Waals surface area contributed by atoms with Crippen LogP contribution >= 0.6 is 0 Å². The molecule has 0 saturated carbocycles. The monoisotopic (exact) mass is 260 g/mol. The van der Waals surface area contributed by atoms with E-state index in [0.717, 1.165) is 11.1 Å². The van der Waals surface area contributed by atoms with E-state index < -0.39 is 6.36 Å². The van der Waals surface area contributed by atoms with Crippen molar-refractivity contribution in [2.24, 2.45) is 10.7 Å². The molecule has 0 atom stereocenters. The second kappa shape index (κ2) is 6.28. The van der Waals surface area contributed by atoms with Gasteiger partial charge in [-0.15, -0.1) is 13.2 Å². The van der Waals surface area contributed by atoms with Crippen molar-refractivity contribution in [1.29, 1.82) is 0 Å². The number of nitrogens with zero attached hydrogens (tertiary/aromatic N) is 1. The van der Waals surface area contributed by atoms with Gasteiger partial charge in [-0.2, -0.15) is 0 Å². The van der Waals surface area contributed by atoms with Crippen molar-refractivity contribution in [3.8, 4) is 5.75 Å². The molecule has 0 aliphatic rings. The molecule has 1 rings (SSSR count). The minimum Gasteiger partial charge on any atom is -0.406 e. The zero-order valence-electron chi connectivity index (χ0n) is 10.00. The Kier molecular flexibility index (Phi) is 5.00. The van der Waals surface area contributed by atoms with Crippen LogP contribution in [0.5, 0.6) is 5.75 Å². The van der Waals surface area contributed by atoms with E-state index in [1.807, 2.05) is 13.0 Å². The highest BCUT2D eigenvalue weighted by molar-refractivity contribution is 5.51. The number of ether oxygens (including phenoxy) is 1. The molecule has 3 nitrogen and oxygen atoms in total. The predicted octanol–water partition coefficient (Wildman–Crippen LogP) is 2.68. The maximum Gasteiger partial charge on any atom is 0.573 e. The van der Waals surface area contributed by atoms with Crippen molar-refractivity contribution in [3.05, 3.63) is 29.3 Å². The van der Waals surface area contributed by atoms with Crippen molar-refractivity contribution in [2.75, 3.05) is 6.54 Å². The number of aliphatic imine (C=N–C) groups is 1. The topological polar surface area (TPSA) is 47.6 Å². The lowest BCUT2D eigenvalue weighted by molar-refractivity contribution is -0.274. The lowest BCUT2D eigenvalue weighted by Gasteiger charge is -2.11. The van der Waals surface area contributed by atoms with E-state index in [2.05, 4.69) is 9.73 Å². The number of rotatable bonds is 5. The first-order valence-corrected chi connectivity index (χ1v) is 5.53. The number of nitrogens with two attached hydrogens (primary N) is 1. The summed E-state index contributed by atoms with van der Waals surface area (Å²) in [5, 5.41) is 0. The molecule has 0 aliphatic heterocycles. The molecular formula is C12H15F3N2O. The molecule has 0 amide bonds. The van der Waals surface area contributed by atoms with E-state index in [1.165, 1.54) is 18.5 Å². The third kappa shape index (κ3) is 5.07. The second-order valence-corrected chi connectivity index (χ2v) is 3.69. The van der Waals surface area contributed by atoms with Crippen molar-refractivity contribution in [2.45, 2.75) is 26.1 Å². The Hall–Kier alpha value is -1.72. The molecule has 0 aliphatic carbocycles. The van der Waals surface area contributed by atoms with Gasteiger partial charge in [0, 0.05) is 6.54 Å². The zero-order chi connectivity index (χ0) is 13.6. The predicted molar refractivity (Wildman–Crippen MR) is 63.8 cm³/mol. The Morgan fingerprint density at radius 1 is 1.28 bits per heavy atom. The molecule has 100 valence electrons. The summed E-state index contributed by atoms with van der Waals surface area (Å²) in [5.74, 6) is -0.187. The van der Waals surface area contributed by atoms with Crippen molar-refractivity contribution in [1.82, 2.24) is 0 Å². The van der Waals surface area contributed by atoms with Crippen LogP contribution in [-0.2, 0) is 12.8 Å². The summed E-state index contributed by atoms with van der Waals surface area (Å²) in [5.41, 5.74) is 6.64. The normalized spacial score (nSPS) is 12.0. The molecule has 18 heavy (non-hydrogen) atoms. The van der Waals surface area contributed by atoms with Crippen LogP contribution in [0.1, 0.15) is 18.1 Å². The molecule has 1 aromatic carbocycles. The molecule has 0 heterocycles. The molecule has 0 bridgehead atoms. The Labute approximate surface area is 103 Å². The number of hydrogen-bond acceptors (Lipinski definition) is 2. The molecule has 0 radical (unpaired) electrons. The number of alkyl halides is 3. The van der Waals surface area contributed by atoms with Gasteiger partial charge in [0.05, 0.1) is 6.34 Å². The number of benzene rings is 1. The standard InChI is InChI=1S/C12H15F3N2O/c1-2-9-5-10(3-4-17-8-16)7-11(6-9)18-12(13,14)15/h5-8H,2-4H2,1H3,(H2,16,17). The first kappa shape index (κ1) is 14.3. The Morgan fingerprint density at radius 3 is 2.50 bits per heavy atom. The van der Waals surface area contributed by atoms with Gasteiger partial charge in [-0.1, -0.05) is 13.0 Å². The van der Waals surface area contributed by atoms with Crippen LogP contribution in [0.3, 0.4) is 0 Å². The summed E-state index contributed by atoms with van der Waals surface area (Å²) in [4.78, 5) is 3.82. The quantitative estimate of drug-likeness (QED) is 0.653. The van der Waals surface area contributed by atoms with E-state index in [4.69, 9.17) is 5.73 Å². The van der Waals surface area contributed by atoms with Crippen LogP contribution in [0.2, 0.25) is 0 Å². The summed E-state index contributed by atoms with van der Waals surface area (Å²) in [6, 6.07) is 4.61. The second-order valence-electron chi connectivity index (χ2n) is 3.69. The van der Waals surface area contributed by atoms with Gasteiger partial charge < -0.3 is 10.5 Å². The smallest absolute Gasteiger partial charge is 0.406 e.